The summed E-state index contributed by atoms with van der Waals surface area (Å²) in [6.07, 6.45) is 0. The van der Waals surface area contributed by atoms with Gasteiger partial charge < -0.3 is 14.2 Å². The summed E-state index contributed by atoms with van der Waals surface area (Å²) >= 11 is 0. The lowest BCUT2D eigenvalue weighted by Gasteiger charge is -2.30. The number of carbonyl (C=O) groups excluding carboxylic acids is 1. The highest BCUT2D eigenvalue weighted by atomic mass is 16.7. The number of esters is 1. The Balaban J connectivity index is 4.40. The average molecular weight is 176 g/mol. The van der Waals surface area contributed by atoms with E-state index in [9.17, 15) is 4.79 Å². The van der Waals surface area contributed by atoms with Crippen LogP contribution in [0.15, 0.2) is 0 Å². The fraction of sp³-hybridized carbons (Fsp3) is 0.875. The Morgan fingerprint density at radius 2 is 1.67 bits per heavy atom. The van der Waals surface area contributed by atoms with Crippen LogP contribution < -0.4 is 0 Å². The van der Waals surface area contributed by atoms with Crippen LogP contribution in [0.3, 0.4) is 0 Å². The summed E-state index contributed by atoms with van der Waals surface area (Å²) in [6, 6.07) is 0. The molecule has 0 saturated heterocycles. The first-order valence-corrected chi connectivity index (χ1v) is 3.70. The molecule has 1 atom stereocenters. The molecule has 0 amide bonds. The fourth-order valence-electron chi connectivity index (χ4n) is 0.828. The normalized spacial score (nSPS) is 14.1. The third kappa shape index (κ3) is 2.19. The molecule has 0 aliphatic rings. The molecule has 0 aliphatic carbocycles. The molecule has 0 aromatic heterocycles. The fourth-order valence-corrected chi connectivity index (χ4v) is 0.828. The lowest BCUT2D eigenvalue weighted by atomic mass is 10.0. The smallest absolute Gasteiger partial charge is 0.313 e. The van der Waals surface area contributed by atoms with E-state index in [-0.39, 0.29) is 5.97 Å². The molecule has 72 valence electrons. The molecule has 0 bridgehead atoms. The van der Waals surface area contributed by atoms with Crippen LogP contribution in [0.2, 0.25) is 0 Å². The summed E-state index contributed by atoms with van der Waals surface area (Å²) in [5.41, 5.74) is 0. The minimum Gasteiger partial charge on any atom is -0.469 e. The predicted octanol–water partition coefficient (Wildman–Crippen LogP) is 0.804. The first-order chi connectivity index (χ1) is 5.51. The highest BCUT2D eigenvalue weighted by molar-refractivity contribution is 5.72. The Bertz CT molecular complexity index is 151. The lowest BCUT2D eigenvalue weighted by Crippen LogP contribution is -2.41. The van der Waals surface area contributed by atoms with Crippen molar-refractivity contribution in [1.82, 2.24) is 0 Å². The van der Waals surface area contributed by atoms with Crippen LogP contribution in [-0.4, -0.2) is 33.1 Å². The minimum absolute atomic E-state index is 0.346. The molecule has 0 rings (SSSR count). The molecule has 4 nitrogen and oxygen atoms in total. The summed E-state index contributed by atoms with van der Waals surface area (Å²) in [6.45, 7) is 3.38. The van der Waals surface area contributed by atoms with Crippen molar-refractivity contribution in [1.29, 1.82) is 0 Å². The molecule has 0 heterocycles. The van der Waals surface area contributed by atoms with Crippen molar-refractivity contribution in [3.63, 3.8) is 0 Å². The van der Waals surface area contributed by atoms with Crippen molar-refractivity contribution >= 4 is 5.97 Å². The van der Waals surface area contributed by atoms with Crippen LogP contribution in [0.1, 0.15) is 13.8 Å². The summed E-state index contributed by atoms with van der Waals surface area (Å²) in [7, 11) is 4.32. The lowest BCUT2D eigenvalue weighted by molar-refractivity contribution is -0.228. The zero-order valence-electron chi connectivity index (χ0n) is 8.21. The Morgan fingerprint density at radius 3 is 1.92 bits per heavy atom. The van der Waals surface area contributed by atoms with Crippen LogP contribution in [-0.2, 0) is 19.0 Å². The van der Waals surface area contributed by atoms with E-state index < -0.39 is 11.7 Å². The number of methoxy groups -OCH3 is 3. The van der Waals surface area contributed by atoms with Gasteiger partial charge in [-0.2, -0.15) is 0 Å². The zero-order valence-corrected chi connectivity index (χ0v) is 8.21. The highest BCUT2D eigenvalue weighted by Crippen LogP contribution is 2.22. The molecule has 0 aliphatic heterocycles. The minimum atomic E-state index is -0.910. The number of hydrogen-bond donors (Lipinski definition) is 0. The Labute approximate surface area is 72.8 Å². The van der Waals surface area contributed by atoms with Gasteiger partial charge in [0.05, 0.1) is 7.11 Å². The van der Waals surface area contributed by atoms with E-state index in [0.717, 1.165) is 0 Å². The highest BCUT2D eigenvalue weighted by Gasteiger charge is 2.36. The van der Waals surface area contributed by atoms with Gasteiger partial charge in [0, 0.05) is 14.2 Å². The largest absolute Gasteiger partial charge is 0.469 e. The van der Waals surface area contributed by atoms with Crippen LogP contribution in [0, 0.1) is 5.92 Å². The molecular formula is C8H16O4. The van der Waals surface area contributed by atoms with E-state index >= 15 is 0 Å². The molecule has 0 N–H and O–H groups in total. The molecule has 0 fully saturated rings. The first-order valence-electron chi connectivity index (χ1n) is 3.70. The second kappa shape index (κ2) is 4.42. The second-order valence-corrected chi connectivity index (χ2v) is 2.67. The van der Waals surface area contributed by atoms with Crippen LogP contribution in [0.5, 0.6) is 0 Å². The number of carbonyl (C=O) groups is 1. The van der Waals surface area contributed by atoms with Crippen LogP contribution in [0.25, 0.3) is 0 Å². The molecule has 0 aromatic rings. The van der Waals surface area contributed by atoms with Gasteiger partial charge in [-0.25, -0.2) is 0 Å². The van der Waals surface area contributed by atoms with Crippen molar-refractivity contribution in [3.8, 4) is 0 Å². The van der Waals surface area contributed by atoms with E-state index in [4.69, 9.17) is 9.47 Å². The van der Waals surface area contributed by atoms with E-state index in [1.165, 1.54) is 21.3 Å². The van der Waals surface area contributed by atoms with E-state index in [1.54, 1.807) is 13.8 Å². The first kappa shape index (κ1) is 11.4. The number of hydrogen-bond acceptors (Lipinski definition) is 4. The Hall–Kier alpha value is -0.610. The molecule has 0 saturated carbocycles. The maximum atomic E-state index is 11.1. The molecule has 1 unspecified atom stereocenters. The Morgan fingerprint density at radius 1 is 1.25 bits per heavy atom. The van der Waals surface area contributed by atoms with Gasteiger partial charge in [0.15, 0.2) is 5.79 Å². The van der Waals surface area contributed by atoms with Gasteiger partial charge in [-0.3, -0.25) is 4.79 Å². The van der Waals surface area contributed by atoms with Crippen LogP contribution >= 0.6 is 0 Å². The maximum absolute atomic E-state index is 11.1. The molecule has 0 radical (unpaired) electrons. The third-order valence-electron chi connectivity index (χ3n) is 2.15. The van der Waals surface area contributed by atoms with Crippen molar-refractivity contribution in [3.05, 3.63) is 0 Å². The second-order valence-electron chi connectivity index (χ2n) is 2.67. The topological polar surface area (TPSA) is 44.8 Å². The van der Waals surface area contributed by atoms with Gasteiger partial charge >= 0.3 is 5.97 Å². The average Bonchev–Trinajstić information content (AvgIpc) is 2.14. The van der Waals surface area contributed by atoms with Gasteiger partial charge in [0.1, 0.15) is 5.92 Å². The predicted molar refractivity (Wildman–Crippen MR) is 43.6 cm³/mol. The van der Waals surface area contributed by atoms with E-state index in [1.807, 2.05) is 0 Å². The molecular weight excluding hydrogens is 160 g/mol. The van der Waals surface area contributed by atoms with Crippen LogP contribution in [0.4, 0.5) is 0 Å². The van der Waals surface area contributed by atoms with Crippen molar-refractivity contribution < 1.29 is 19.0 Å². The molecule has 0 spiro atoms. The third-order valence-corrected chi connectivity index (χ3v) is 2.15. The maximum Gasteiger partial charge on any atom is 0.313 e. The molecule has 0 aromatic carbocycles. The molecule has 4 heteroatoms. The van der Waals surface area contributed by atoms with Gasteiger partial charge in [-0.05, 0) is 13.8 Å². The van der Waals surface area contributed by atoms with E-state index in [0.29, 0.717) is 0 Å². The van der Waals surface area contributed by atoms with Gasteiger partial charge in [-0.15, -0.1) is 0 Å². The summed E-state index contributed by atoms with van der Waals surface area (Å²) in [5.74, 6) is -1.70. The zero-order chi connectivity index (χ0) is 9.78. The molecule has 12 heavy (non-hydrogen) atoms. The van der Waals surface area contributed by atoms with Crippen molar-refractivity contribution in [2.75, 3.05) is 21.3 Å². The summed E-state index contributed by atoms with van der Waals surface area (Å²) in [4.78, 5) is 11.1. The van der Waals surface area contributed by atoms with Crippen molar-refractivity contribution in [2.45, 2.75) is 19.6 Å². The SMILES string of the molecule is COC(=O)C(C)C(C)(OC)OC. The quantitative estimate of drug-likeness (QED) is 0.469. The number of ether oxygens (including phenoxy) is 3. The number of rotatable bonds is 4. The monoisotopic (exact) mass is 176 g/mol. The van der Waals surface area contributed by atoms with Crippen molar-refractivity contribution in [2.24, 2.45) is 5.92 Å². The van der Waals surface area contributed by atoms with Gasteiger partial charge in [-0.1, -0.05) is 0 Å². The van der Waals surface area contributed by atoms with Gasteiger partial charge in [0.25, 0.3) is 0 Å². The summed E-state index contributed by atoms with van der Waals surface area (Å²) in [5, 5.41) is 0. The van der Waals surface area contributed by atoms with Gasteiger partial charge in [0.2, 0.25) is 0 Å². The van der Waals surface area contributed by atoms with E-state index in [2.05, 4.69) is 4.74 Å². The summed E-state index contributed by atoms with van der Waals surface area (Å²) < 4.78 is 14.7. The Kier molecular flexibility index (Phi) is 4.20. The standard InChI is InChI=1S/C8H16O4/c1-6(7(9)10-3)8(2,11-4)12-5/h6H,1-5H3.